The number of likely N-dealkylation sites (tertiary alicyclic amines) is 1. The average molecular weight is 380 g/mol. The molecule has 1 saturated heterocycles. The van der Waals surface area contributed by atoms with Crippen LogP contribution in [0.15, 0.2) is 18.2 Å². The Labute approximate surface area is 157 Å². The van der Waals surface area contributed by atoms with E-state index in [1.54, 1.807) is 6.92 Å². The zero-order valence-corrected chi connectivity index (χ0v) is 15.8. The number of amides is 1. The first kappa shape index (κ1) is 20.6. The molecule has 9 heteroatoms. The molecule has 0 spiro atoms. The number of nitro groups is 1. The number of non-ortho nitro benzene ring substituents is 1. The number of nitrogens with one attached hydrogen (secondary N) is 2. The second-order valence-corrected chi connectivity index (χ2v) is 6.54. The molecule has 0 saturated carbocycles. The molecule has 2 N–H and O–H groups in total. The fraction of sp³-hybridized carbons (Fsp3) is 0.556. The molecule has 1 aliphatic heterocycles. The standard InChI is InChI=1S/C18H25N3O6/c1-4-27-18(23)13-7-9-20(10-8-13)12(2)17(22)19-15-6-5-14(21(24)25)11-16(15)26-3/h5-6,11-13H,4,7-10H2,1-3H3,(H,19,22)/p+1/t12-/m0/s1. The molecule has 0 bridgehead atoms. The van der Waals surface area contributed by atoms with Gasteiger partial charge in [-0.15, -0.1) is 0 Å². The van der Waals surface area contributed by atoms with Gasteiger partial charge in [0.15, 0.2) is 6.04 Å². The molecule has 1 atom stereocenters. The first-order valence-electron chi connectivity index (χ1n) is 9.01. The molecule has 0 unspecified atom stereocenters. The third-order valence-corrected chi connectivity index (χ3v) is 4.91. The van der Waals surface area contributed by atoms with Crippen molar-refractivity contribution in [3.05, 3.63) is 28.3 Å². The number of methoxy groups -OCH3 is 1. The number of piperidine rings is 1. The van der Waals surface area contributed by atoms with Crippen molar-refractivity contribution in [1.29, 1.82) is 0 Å². The van der Waals surface area contributed by atoms with E-state index in [4.69, 9.17) is 9.47 Å². The Morgan fingerprint density at radius 2 is 2.04 bits per heavy atom. The fourth-order valence-electron chi connectivity index (χ4n) is 3.24. The Hall–Kier alpha value is -2.68. The van der Waals surface area contributed by atoms with Crippen LogP contribution in [0.1, 0.15) is 26.7 Å². The molecule has 2 rings (SSSR count). The van der Waals surface area contributed by atoms with Crippen molar-refractivity contribution in [3.63, 3.8) is 0 Å². The lowest BCUT2D eigenvalue weighted by molar-refractivity contribution is -0.919. The first-order chi connectivity index (χ1) is 12.9. The van der Waals surface area contributed by atoms with E-state index in [1.807, 2.05) is 6.92 Å². The quantitative estimate of drug-likeness (QED) is 0.411. The maximum Gasteiger partial charge on any atom is 0.309 e. The number of anilines is 1. The summed E-state index contributed by atoms with van der Waals surface area (Å²) in [6, 6.07) is 3.73. The highest BCUT2D eigenvalue weighted by atomic mass is 16.6. The lowest BCUT2D eigenvalue weighted by Gasteiger charge is -2.31. The van der Waals surface area contributed by atoms with Gasteiger partial charge in [-0.05, 0) is 19.9 Å². The SMILES string of the molecule is CCOC(=O)C1CC[NH+]([C@@H](C)C(=O)Nc2ccc([N+](=O)[O-])cc2OC)CC1. The molecule has 27 heavy (non-hydrogen) atoms. The highest BCUT2D eigenvalue weighted by Gasteiger charge is 2.33. The normalized spacial score (nSPS) is 20.4. The van der Waals surface area contributed by atoms with Crippen molar-refractivity contribution >= 4 is 23.3 Å². The van der Waals surface area contributed by atoms with E-state index in [9.17, 15) is 19.7 Å². The van der Waals surface area contributed by atoms with Crippen LogP contribution in [0.3, 0.4) is 0 Å². The molecular formula is C18H26N3O6+. The van der Waals surface area contributed by atoms with E-state index < -0.39 is 4.92 Å². The summed E-state index contributed by atoms with van der Waals surface area (Å²) in [5.41, 5.74) is 0.283. The summed E-state index contributed by atoms with van der Waals surface area (Å²) in [6.45, 7) is 5.40. The second kappa shape index (κ2) is 9.31. The van der Waals surface area contributed by atoms with Crippen LogP contribution in [-0.2, 0) is 14.3 Å². The Bertz CT molecular complexity index is 700. The summed E-state index contributed by atoms with van der Waals surface area (Å²) >= 11 is 0. The third-order valence-electron chi connectivity index (χ3n) is 4.91. The average Bonchev–Trinajstić information content (AvgIpc) is 2.67. The highest BCUT2D eigenvalue weighted by Crippen LogP contribution is 2.29. The molecule has 9 nitrogen and oxygen atoms in total. The summed E-state index contributed by atoms with van der Waals surface area (Å²) in [6.07, 6.45) is 1.37. The third kappa shape index (κ3) is 5.16. The highest BCUT2D eigenvalue weighted by molar-refractivity contribution is 5.95. The van der Waals surface area contributed by atoms with Gasteiger partial charge in [-0.3, -0.25) is 19.7 Å². The number of nitrogens with zero attached hydrogens (tertiary/aromatic N) is 1. The number of rotatable bonds is 7. The number of quaternary nitrogens is 1. The van der Waals surface area contributed by atoms with Crippen molar-refractivity contribution in [2.45, 2.75) is 32.7 Å². The summed E-state index contributed by atoms with van der Waals surface area (Å²) < 4.78 is 10.2. The predicted octanol–water partition coefficient (Wildman–Crippen LogP) is 0.788. The number of benzene rings is 1. The number of carbonyl (C=O) groups is 2. The number of carbonyl (C=O) groups excluding carboxylic acids is 2. The summed E-state index contributed by atoms with van der Waals surface area (Å²) in [4.78, 5) is 35.9. The maximum atomic E-state index is 12.6. The second-order valence-electron chi connectivity index (χ2n) is 6.54. The molecule has 1 aromatic rings. The minimum atomic E-state index is -0.519. The monoisotopic (exact) mass is 380 g/mol. The van der Waals surface area contributed by atoms with Gasteiger partial charge in [0.25, 0.3) is 11.6 Å². The molecule has 1 heterocycles. The van der Waals surface area contributed by atoms with Crippen molar-refractivity contribution in [2.24, 2.45) is 5.92 Å². The van der Waals surface area contributed by atoms with Crippen LogP contribution in [-0.4, -0.2) is 49.6 Å². The number of nitro benzene ring substituents is 1. The maximum absolute atomic E-state index is 12.6. The first-order valence-corrected chi connectivity index (χ1v) is 9.01. The predicted molar refractivity (Wildman–Crippen MR) is 97.8 cm³/mol. The van der Waals surface area contributed by atoms with Gasteiger partial charge in [-0.1, -0.05) is 0 Å². The summed E-state index contributed by atoms with van der Waals surface area (Å²) in [7, 11) is 1.39. The summed E-state index contributed by atoms with van der Waals surface area (Å²) in [5.74, 6) is -0.226. The Morgan fingerprint density at radius 3 is 2.59 bits per heavy atom. The van der Waals surface area contributed by atoms with E-state index >= 15 is 0 Å². The van der Waals surface area contributed by atoms with Gasteiger partial charge in [0.05, 0.1) is 49.4 Å². The van der Waals surface area contributed by atoms with Crippen LogP contribution in [0.25, 0.3) is 0 Å². The van der Waals surface area contributed by atoms with Crippen LogP contribution >= 0.6 is 0 Å². The molecular weight excluding hydrogens is 354 g/mol. The van der Waals surface area contributed by atoms with Gasteiger partial charge >= 0.3 is 5.97 Å². The van der Waals surface area contributed by atoms with Gasteiger partial charge in [-0.2, -0.15) is 0 Å². The lowest BCUT2D eigenvalue weighted by Crippen LogP contribution is -3.17. The van der Waals surface area contributed by atoms with Crippen molar-refractivity contribution in [3.8, 4) is 5.75 Å². The number of esters is 1. The Kier molecular flexibility index (Phi) is 7.12. The lowest BCUT2D eigenvalue weighted by atomic mass is 9.96. The smallest absolute Gasteiger partial charge is 0.309 e. The Balaban J connectivity index is 1.96. The number of hydrogen-bond acceptors (Lipinski definition) is 6. The largest absolute Gasteiger partial charge is 0.494 e. The van der Waals surface area contributed by atoms with Gasteiger partial charge < -0.3 is 19.7 Å². The van der Waals surface area contributed by atoms with Crippen LogP contribution in [0.4, 0.5) is 11.4 Å². The fourth-order valence-corrected chi connectivity index (χ4v) is 3.24. The zero-order valence-electron chi connectivity index (χ0n) is 15.8. The molecule has 1 fully saturated rings. The molecule has 1 aliphatic rings. The summed E-state index contributed by atoms with van der Waals surface area (Å²) in [5, 5.41) is 13.6. The topological polar surface area (TPSA) is 112 Å². The number of ether oxygens (including phenoxy) is 2. The zero-order chi connectivity index (χ0) is 20.0. The van der Waals surface area contributed by atoms with E-state index in [1.165, 1.54) is 25.3 Å². The van der Waals surface area contributed by atoms with Crippen LogP contribution in [0, 0.1) is 16.0 Å². The van der Waals surface area contributed by atoms with Gasteiger partial charge in [-0.25, -0.2) is 0 Å². The molecule has 0 radical (unpaired) electrons. The van der Waals surface area contributed by atoms with E-state index in [2.05, 4.69) is 5.32 Å². The number of hydrogen-bond donors (Lipinski definition) is 2. The van der Waals surface area contributed by atoms with Crippen LogP contribution < -0.4 is 15.0 Å². The molecule has 1 aromatic carbocycles. The van der Waals surface area contributed by atoms with Crippen molar-refractivity contribution in [2.75, 3.05) is 32.1 Å². The van der Waals surface area contributed by atoms with Crippen LogP contribution in [0.2, 0.25) is 0 Å². The van der Waals surface area contributed by atoms with E-state index in [0.29, 0.717) is 38.2 Å². The van der Waals surface area contributed by atoms with Crippen molar-refractivity contribution < 1.29 is 28.9 Å². The Morgan fingerprint density at radius 1 is 1.37 bits per heavy atom. The molecule has 0 aliphatic carbocycles. The van der Waals surface area contributed by atoms with E-state index in [-0.39, 0.29) is 35.3 Å². The van der Waals surface area contributed by atoms with Gasteiger partial charge in [0.2, 0.25) is 0 Å². The van der Waals surface area contributed by atoms with Crippen molar-refractivity contribution in [1.82, 2.24) is 0 Å². The molecule has 148 valence electrons. The minimum absolute atomic E-state index is 0.0984. The van der Waals surface area contributed by atoms with Crippen LogP contribution in [0.5, 0.6) is 5.75 Å². The van der Waals surface area contributed by atoms with Gasteiger partial charge in [0, 0.05) is 18.9 Å². The molecule has 1 amide bonds. The molecule has 0 aromatic heterocycles. The van der Waals surface area contributed by atoms with Gasteiger partial charge in [0.1, 0.15) is 5.75 Å². The minimum Gasteiger partial charge on any atom is -0.494 e. The van der Waals surface area contributed by atoms with E-state index in [0.717, 1.165) is 4.90 Å².